The summed E-state index contributed by atoms with van der Waals surface area (Å²) in [5.74, 6) is -3.32. The van der Waals surface area contributed by atoms with E-state index < -0.39 is 59.8 Å². The lowest BCUT2D eigenvalue weighted by Crippen LogP contribution is -2.72. The number of ketones is 1. The Hall–Kier alpha value is -4.17. The van der Waals surface area contributed by atoms with E-state index in [1.165, 1.54) is 6.08 Å². The number of carbonyl (C=O) groups is 2. The standard InChI is InChI=1S/C47H58N2O15/c1-24-19-29-36(37(53)35-28(38(29)55-7)13-12-14-30(35)50)39-34(24)40-41-46(62-39,44(23-58-44)47(63-40,64-41)42-56-21-43(5,6)22-57-42)61-33-20-31(51)45(54,27(4)60-33)26(3)48-59-18-11-9-8-10-17-49-25(2)15-16-32(49)52/h15-16,19,27,31,33,40-42,51,53-54H,2,8-14,17-18,20-23H2,1,3-7H3/b48-26+/t27?,31?,33?,40-,41-,44-,45?,46+,47-/m0/s1. The number of methoxy groups -OCH3 is 1. The summed E-state index contributed by atoms with van der Waals surface area (Å²) in [6.45, 7) is 14.7. The van der Waals surface area contributed by atoms with E-state index in [1.54, 1.807) is 31.9 Å². The van der Waals surface area contributed by atoms with Gasteiger partial charge in [0, 0.05) is 53.1 Å². The Morgan fingerprint density at radius 3 is 2.50 bits per heavy atom. The number of epoxide rings is 1. The molecule has 1 amide bonds. The Morgan fingerprint density at radius 2 is 1.81 bits per heavy atom. The van der Waals surface area contributed by atoms with Crippen molar-refractivity contribution in [1.29, 1.82) is 0 Å². The van der Waals surface area contributed by atoms with Crippen LogP contribution in [-0.4, -0.2) is 131 Å². The van der Waals surface area contributed by atoms with E-state index in [9.17, 15) is 24.9 Å². The number of hydrogen-bond acceptors (Lipinski definition) is 16. The number of carbonyl (C=O) groups excluding carboxylic acids is 2. The first-order valence-corrected chi connectivity index (χ1v) is 22.5. The van der Waals surface area contributed by atoms with Gasteiger partial charge < -0.3 is 67.7 Å². The topological polar surface area (TPSA) is 206 Å². The molecule has 0 aromatic heterocycles. The van der Waals surface area contributed by atoms with Gasteiger partial charge in [-0.1, -0.05) is 32.0 Å². The summed E-state index contributed by atoms with van der Waals surface area (Å²) < 4.78 is 59.7. The lowest BCUT2D eigenvalue weighted by molar-refractivity contribution is -0.396. The van der Waals surface area contributed by atoms with Gasteiger partial charge in [0.15, 0.2) is 23.8 Å². The van der Waals surface area contributed by atoms with E-state index in [4.69, 9.17) is 47.5 Å². The molecule has 8 aliphatic rings. The molecule has 346 valence electrons. The van der Waals surface area contributed by atoms with Crippen LogP contribution in [0.1, 0.15) is 106 Å². The molecule has 10 rings (SSSR count). The van der Waals surface area contributed by atoms with E-state index in [1.807, 2.05) is 26.8 Å². The van der Waals surface area contributed by atoms with E-state index in [-0.39, 0.29) is 71.3 Å². The van der Waals surface area contributed by atoms with Gasteiger partial charge in [-0.25, -0.2) is 0 Å². The van der Waals surface area contributed by atoms with Crippen molar-refractivity contribution >= 4 is 28.2 Å². The van der Waals surface area contributed by atoms with Gasteiger partial charge in [-0.2, -0.15) is 0 Å². The second kappa shape index (κ2) is 15.5. The molecule has 9 atom stereocenters. The fourth-order valence-electron chi connectivity index (χ4n) is 11.0. The number of unbranched alkanes of at least 4 members (excludes halogenated alkanes) is 3. The predicted molar refractivity (Wildman–Crippen MR) is 226 cm³/mol. The molecule has 5 fully saturated rings. The zero-order valence-corrected chi connectivity index (χ0v) is 37.2. The van der Waals surface area contributed by atoms with Crippen LogP contribution in [0.15, 0.2) is 35.7 Å². The number of hydrogen-bond donors (Lipinski definition) is 3. The Balaban J connectivity index is 0.930. The Bertz CT molecular complexity index is 2320. The second-order valence-corrected chi connectivity index (χ2v) is 19.3. The molecular formula is C47H58N2O15. The van der Waals surface area contributed by atoms with Gasteiger partial charge in [0.1, 0.15) is 30.0 Å². The first-order valence-electron chi connectivity index (χ1n) is 22.5. The van der Waals surface area contributed by atoms with Crippen molar-refractivity contribution in [3.63, 3.8) is 0 Å². The van der Waals surface area contributed by atoms with Crippen LogP contribution in [0, 0.1) is 12.3 Å². The fourth-order valence-corrected chi connectivity index (χ4v) is 11.0. The van der Waals surface area contributed by atoms with Crippen LogP contribution in [0.3, 0.4) is 0 Å². The number of aryl methyl sites for hydroxylation is 1. The van der Waals surface area contributed by atoms with Gasteiger partial charge in [-0.15, -0.1) is 0 Å². The Morgan fingerprint density at radius 1 is 1.06 bits per heavy atom. The monoisotopic (exact) mass is 890 g/mol. The number of fused-ring (bicyclic) bond motifs is 8. The van der Waals surface area contributed by atoms with Gasteiger partial charge in [0.2, 0.25) is 11.9 Å². The highest BCUT2D eigenvalue weighted by Gasteiger charge is 2.94. The van der Waals surface area contributed by atoms with Crippen molar-refractivity contribution < 1.29 is 72.4 Å². The van der Waals surface area contributed by atoms with E-state index in [0.717, 1.165) is 24.8 Å². The van der Waals surface area contributed by atoms with Gasteiger partial charge >= 0.3 is 0 Å². The molecule has 17 heteroatoms. The molecule has 2 bridgehead atoms. The quantitative estimate of drug-likeness (QED) is 0.106. The first-order chi connectivity index (χ1) is 30.5. The normalized spacial score (nSPS) is 36.2. The number of aromatic hydroxyl groups is 1. The van der Waals surface area contributed by atoms with E-state index in [0.29, 0.717) is 67.0 Å². The molecule has 5 saturated heterocycles. The molecule has 4 unspecified atom stereocenters. The van der Waals surface area contributed by atoms with E-state index in [2.05, 4.69) is 11.7 Å². The number of ether oxygens (including phenoxy) is 9. The lowest BCUT2D eigenvalue weighted by atomic mass is 9.77. The molecule has 2 aromatic rings. The summed E-state index contributed by atoms with van der Waals surface area (Å²) in [5, 5.41) is 40.9. The number of phenols is 1. The van der Waals surface area contributed by atoms with Crippen LogP contribution in [0.25, 0.3) is 10.8 Å². The maximum absolute atomic E-state index is 13.5. The zero-order chi connectivity index (χ0) is 45.1. The minimum absolute atomic E-state index is 0.0360. The second-order valence-electron chi connectivity index (χ2n) is 19.3. The van der Waals surface area contributed by atoms with Crippen LogP contribution < -0.4 is 9.47 Å². The highest BCUT2D eigenvalue weighted by Crippen LogP contribution is 2.73. The molecule has 17 nitrogen and oxygen atoms in total. The zero-order valence-electron chi connectivity index (χ0n) is 37.2. The van der Waals surface area contributed by atoms with Crippen LogP contribution in [0.4, 0.5) is 0 Å². The number of amides is 1. The summed E-state index contributed by atoms with van der Waals surface area (Å²) >= 11 is 0. The molecule has 64 heavy (non-hydrogen) atoms. The Labute approximate surface area is 371 Å². The minimum Gasteiger partial charge on any atom is -0.506 e. The molecule has 1 aliphatic carbocycles. The average molecular weight is 891 g/mol. The summed E-state index contributed by atoms with van der Waals surface area (Å²) in [5.41, 5.74) is -0.728. The van der Waals surface area contributed by atoms with Crippen LogP contribution in [-0.2, 0) is 49.2 Å². The highest BCUT2D eigenvalue weighted by molar-refractivity contribution is 6.11. The van der Waals surface area contributed by atoms with Crippen molar-refractivity contribution in [2.45, 2.75) is 146 Å². The first kappa shape index (κ1) is 43.7. The van der Waals surface area contributed by atoms with Crippen LogP contribution >= 0.6 is 0 Å². The minimum atomic E-state index is -1.94. The molecule has 0 radical (unpaired) electrons. The third-order valence-corrected chi connectivity index (χ3v) is 14.4. The molecule has 7 aliphatic heterocycles. The van der Waals surface area contributed by atoms with Crippen LogP contribution in [0.2, 0.25) is 0 Å². The maximum Gasteiger partial charge on any atom is 0.279 e. The molecular weight excluding hydrogens is 833 g/mol. The molecule has 2 aromatic carbocycles. The number of benzene rings is 2. The van der Waals surface area contributed by atoms with Gasteiger partial charge in [0.05, 0.1) is 55.8 Å². The van der Waals surface area contributed by atoms with Crippen molar-refractivity contribution in [1.82, 2.24) is 4.90 Å². The SMILES string of the molecule is C=C1C=CC(=O)N1CCCCCCO/N=C(\C)C1(O)C(O)CC(O[C@@]23Oc4c(c(C)cc5c(OC)c6c(c(O)c45)C(=O)CCC6)[C@@H]4O[C@@](C5OCC(C)(C)CO5)(O[C@@H]42)[C@]32CO2)OC1C. The number of aliphatic hydroxyl groups excluding tert-OH is 1. The lowest BCUT2D eigenvalue weighted by Gasteiger charge is -2.53. The predicted octanol–water partition coefficient (Wildman–Crippen LogP) is 4.91. The number of oxime groups is 1. The number of nitrogens with zero attached hydrogens (tertiary/aromatic N) is 2. The van der Waals surface area contributed by atoms with E-state index >= 15 is 0 Å². The summed E-state index contributed by atoms with van der Waals surface area (Å²) in [7, 11) is 1.54. The third-order valence-electron chi connectivity index (χ3n) is 14.4. The number of allylic oxidation sites excluding steroid dienone is 1. The summed E-state index contributed by atoms with van der Waals surface area (Å²) in [4.78, 5) is 32.7. The highest BCUT2D eigenvalue weighted by atomic mass is 16.9. The Kier molecular flexibility index (Phi) is 10.6. The van der Waals surface area contributed by atoms with Crippen molar-refractivity contribution in [2.75, 3.05) is 40.1 Å². The van der Waals surface area contributed by atoms with Crippen molar-refractivity contribution in [3.05, 3.63) is 52.7 Å². The number of phenolic OH excluding ortho intramolecular Hbond substituents is 1. The third kappa shape index (κ3) is 6.25. The summed E-state index contributed by atoms with van der Waals surface area (Å²) in [6.07, 6.45) is 1.10. The van der Waals surface area contributed by atoms with Gasteiger partial charge in [-0.05, 0) is 70.6 Å². The maximum atomic E-state index is 13.5. The van der Waals surface area contributed by atoms with Crippen molar-refractivity contribution in [2.24, 2.45) is 10.6 Å². The van der Waals surface area contributed by atoms with Gasteiger partial charge in [0.25, 0.3) is 17.5 Å². The molecule has 3 N–H and O–H groups in total. The number of aliphatic hydroxyl groups is 2. The van der Waals surface area contributed by atoms with Crippen molar-refractivity contribution in [3.8, 4) is 17.2 Å². The number of rotatable bonds is 13. The molecule has 0 saturated carbocycles. The summed E-state index contributed by atoms with van der Waals surface area (Å²) in [6, 6.07) is 1.90. The van der Waals surface area contributed by atoms with Crippen LogP contribution in [0.5, 0.6) is 17.2 Å². The molecule has 7 heterocycles. The number of Topliss-reactive ketones (excluding diaryl/α,β-unsaturated/α-hetero) is 1. The fraction of sp³-hybridized carbons (Fsp3) is 0.638. The van der Waals surface area contributed by atoms with Gasteiger partial charge in [-0.3, -0.25) is 9.59 Å². The smallest absolute Gasteiger partial charge is 0.279 e. The largest absolute Gasteiger partial charge is 0.506 e. The average Bonchev–Trinajstić information content (AvgIpc) is 3.81. The molecule has 1 spiro atoms.